The first kappa shape index (κ1) is 13.4. The summed E-state index contributed by atoms with van der Waals surface area (Å²) in [5.41, 5.74) is 0.0559. The summed E-state index contributed by atoms with van der Waals surface area (Å²) in [5.74, 6) is -1.80. The van der Waals surface area contributed by atoms with Crippen LogP contribution in [0.1, 0.15) is 13.8 Å². The molecule has 0 unspecified atom stereocenters. The van der Waals surface area contributed by atoms with E-state index in [9.17, 15) is 13.9 Å². The second-order valence-corrected chi connectivity index (χ2v) is 4.77. The number of halogens is 3. The first-order valence-corrected chi connectivity index (χ1v) is 5.78. The molecule has 2 nitrogen and oxygen atoms in total. The SMILES string of the molecule is CC(C)[C@@H](O)CNc1ccc(Br)c(F)c1F. The van der Waals surface area contributed by atoms with Crippen LogP contribution in [0.15, 0.2) is 16.6 Å². The number of anilines is 1. The second kappa shape index (κ2) is 5.59. The van der Waals surface area contributed by atoms with Crippen molar-refractivity contribution >= 4 is 21.6 Å². The van der Waals surface area contributed by atoms with Crippen molar-refractivity contribution in [2.75, 3.05) is 11.9 Å². The fourth-order valence-corrected chi connectivity index (χ4v) is 1.42. The smallest absolute Gasteiger partial charge is 0.183 e. The highest BCUT2D eigenvalue weighted by Crippen LogP contribution is 2.24. The zero-order chi connectivity index (χ0) is 12.3. The normalized spacial score (nSPS) is 12.9. The fourth-order valence-electron chi connectivity index (χ4n) is 1.11. The molecule has 0 amide bonds. The molecule has 0 saturated carbocycles. The lowest BCUT2D eigenvalue weighted by atomic mass is 10.1. The Labute approximate surface area is 102 Å². The number of benzene rings is 1. The summed E-state index contributed by atoms with van der Waals surface area (Å²) in [6.07, 6.45) is -0.592. The van der Waals surface area contributed by atoms with Gasteiger partial charge < -0.3 is 10.4 Å². The predicted octanol–water partition coefficient (Wildman–Crippen LogP) is 3.16. The first-order valence-electron chi connectivity index (χ1n) is 4.99. The molecule has 1 rings (SSSR count). The summed E-state index contributed by atoms with van der Waals surface area (Å²) < 4.78 is 26.6. The van der Waals surface area contributed by atoms with Crippen LogP contribution in [0.4, 0.5) is 14.5 Å². The lowest BCUT2D eigenvalue weighted by Crippen LogP contribution is -2.25. The molecular weight excluding hydrogens is 280 g/mol. The average Bonchev–Trinajstić information content (AvgIpc) is 2.24. The van der Waals surface area contributed by atoms with E-state index in [-0.39, 0.29) is 22.6 Å². The summed E-state index contributed by atoms with van der Waals surface area (Å²) in [4.78, 5) is 0. The molecule has 0 saturated heterocycles. The minimum atomic E-state index is -0.940. The van der Waals surface area contributed by atoms with Gasteiger partial charge in [-0.15, -0.1) is 0 Å². The van der Waals surface area contributed by atoms with E-state index in [1.54, 1.807) is 0 Å². The highest BCUT2D eigenvalue weighted by molar-refractivity contribution is 9.10. The molecule has 90 valence electrons. The highest BCUT2D eigenvalue weighted by Gasteiger charge is 2.14. The van der Waals surface area contributed by atoms with Gasteiger partial charge in [0.15, 0.2) is 11.6 Å². The van der Waals surface area contributed by atoms with Gasteiger partial charge in [-0.25, -0.2) is 8.78 Å². The van der Waals surface area contributed by atoms with Crippen LogP contribution < -0.4 is 5.32 Å². The van der Waals surface area contributed by atoms with Gasteiger partial charge in [0.25, 0.3) is 0 Å². The predicted molar refractivity (Wildman–Crippen MR) is 63.4 cm³/mol. The molecule has 5 heteroatoms. The van der Waals surface area contributed by atoms with Gasteiger partial charge in [-0.1, -0.05) is 13.8 Å². The van der Waals surface area contributed by atoms with Crippen LogP contribution in [-0.2, 0) is 0 Å². The van der Waals surface area contributed by atoms with Crippen molar-refractivity contribution in [1.29, 1.82) is 0 Å². The molecule has 0 bridgehead atoms. The van der Waals surface area contributed by atoms with Gasteiger partial charge in [0.1, 0.15) is 0 Å². The van der Waals surface area contributed by atoms with Crippen LogP contribution in [0.5, 0.6) is 0 Å². The molecule has 0 heterocycles. The minimum Gasteiger partial charge on any atom is -0.391 e. The van der Waals surface area contributed by atoms with Crippen molar-refractivity contribution < 1.29 is 13.9 Å². The van der Waals surface area contributed by atoms with E-state index in [4.69, 9.17) is 0 Å². The topological polar surface area (TPSA) is 32.3 Å². The zero-order valence-corrected chi connectivity index (χ0v) is 10.7. The van der Waals surface area contributed by atoms with Crippen molar-refractivity contribution in [1.82, 2.24) is 0 Å². The molecule has 0 aliphatic rings. The molecule has 0 aliphatic carbocycles. The summed E-state index contributed by atoms with van der Waals surface area (Å²) in [6.45, 7) is 3.89. The maximum atomic E-state index is 13.4. The van der Waals surface area contributed by atoms with E-state index in [2.05, 4.69) is 21.2 Å². The monoisotopic (exact) mass is 293 g/mol. The van der Waals surface area contributed by atoms with Gasteiger partial charge in [0, 0.05) is 6.54 Å². The summed E-state index contributed by atoms with van der Waals surface area (Å²) in [5, 5.41) is 12.2. The number of hydrogen-bond donors (Lipinski definition) is 2. The summed E-state index contributed by atoms with van der Waals surface area (Å²) >= 11 is 2.89. The first-order chi connectivity index (χ1) is 7.43. The Morgan fingerprint density at radius 3 is 2.50 bits per heavy atom. The van der Waals surface area contributed by atoms with E-state index in [1.807, 2.05) is 13.8 Å². The third kappa shape index (κ3) is 3.15. The Balaban J connectivity index is 2.72. The molecule has 16 heavy (non-hydrogen) atoms. The number of hydrogen-bond acceptors (Lipinski definition) is 2. The second-order valence-electron chi connectivity index (χ2n) is 3.92. The lowest BCUT2D eigenvalue weighted by Gasteiger charge is -2.16. The zero-order valence-electron chi connectivity index (χ0n) is 9.10. The van der Waals surface area contributed by atoms with E-state index in [1.165, 1.54) is 12.1 Å². The van der Waals surface area contributed by atoms with Gasteiger partial charge in [0.05, 0.1) is 16.3 Å². The standard InChI is InChI=1S/C11H14BrF2NO/c1-6(2)9(16)5-15-8-4-3-7(12)10(13)11(8)14/h3-4,6,9,15-16H,5H2,1-2H3/t9-/m0/s1. The van der Waals surface area contributed by atoms with E-state index >= 15 is 0 Å². The molecule has 0 aliphatic heterocycles. The molecule has 0 radical (unpaired) electrons. The van der Waals surface area contributed by atoms with Crippen molar-refractivity contribution in [2.45, 2.75) is 20.0 Å². The Morgan fingerprint density at radius 1 is 1.31 bits per heavy atom. The third-order valence-corrected chi connectivity index (χ3v) is 2.92. The molecule has 0 spiro atoms. The Morgan fingerprint density at radius 2 is 1.94 bits per heavy atom. The maximum absolute atomic E-state index is 13.4. The van der Waals surface area contributed by atoms with Crippen LogP contribution in [0.25, 0.3) is 0 Å². The van der Waals surface area contributed by atoms with Crippen LogP contribution in [0.3, 0.4) is 0 Å². The van der Waals surface area contributed by atoms with Crippen molar-refractivity contribution in [3.05, 3.63) is 28.2 Å². The largest absolute Gasteiger partial charge is 0.391 e. The Kier molecular flexibility index (Phi) is 4.68. The van der Waals surface area contributed by atoms with Crippen molar-refractivity contribution in [3.8, 4) is 0 Å². The summed E-state index contributed by atoms with van der Waals surface area (Å²) in [6, 6.07) is 2.85. The van der Waals surface area contributed by atoms with Crippen LogP contribution in [-0.4, -0.2) is 17.8 Å². The minimum absolute atomic E-state index is 0.0559. The number of aliphatic hydroxyl groups is 1. The molecule has 2 N–H and O–H groups in total. The number of nitrogens with one attached hydrogen (secondary N) is 1. The number of rotatable bonds is 4. The maximum Gasteiger partial charge on any atom is 0.183 e. The lowest BCUT2D eigenvalue weighted by molar-refractivity contribution is 0.138. The molecule has 0 fully saturated rings. The van der Waals surface area contributed by atoms with Gasteiger partial charge in [-0.05, 0) is 34.0 Å². The highest BCUT2D eigenvalue weighted by atomic mass is 79.9. The van der Waals surface area contributed by atoms with Crippen LogP contribution >= 0.6 is 15.9 Å². The summed E-state index contributed by atoms with van der Waals surface area (Å²) in [7, 11) is 0. The van der Waals surface area contributed by atoms with Crippen LogP contribution in [0.2, 0.25) is 0 Å². The third-order valence-electron chi connectivity index (χ3n) is 2.31. The molecule has 1 aromatic carbocycles. The Bertz CT molecular complexity index is 371. The van der Waals surface area contributed by atoms with Gasteiger partial charge in [0.2, 0.25) is 0 Å². The molecular formula is C11H14BrF2NO. The molecule has 0 aromatic heterocycles. The van der Waals surface area contributed by atoms with E-state index in [0.29, 0.717) is 0 Å². The fraction of sp³-hybridized carbons (Fsp3) is 0.455. The quantitative estimate of drug-likeness (QED) is 0.836. The van der Waals surface area contributed by atoms with Crippen molar-refractivity contribution in [3.63, 3.8) is 0 Å². The molecule has 1 aromatic rings. The Hall–Kier alpha value is -0.680. The van der Waals surface area contributed by atoms with Crippen molar-refractivity contribution in [2.24, 2.45) is 5.92 Å². The molecule has 1 atom stereocenters. The van der Waals surface area contributed by atoms with Gasteiger partial charge in [-0.2, -0.15) is 0 Å². The average molecular weight is 294 g/mol. The van der Waals surface area contributed by atoms with Gasteiger partial charge in [-0.3, -0.25) is 0 Å². The van der Waals surface area contributed by atoms with E-state index in [0.717, 1.165) is 0 Å². The van der Waals surface area contributed by atoms with Crippen LogP contribution in [0, 0.1) is 17.6 Å². The van der Waals surface area contributed by atoms with Gasteiger partial charge >= 0.3 is 0 Å². The number of aliphatic hydroxyl groups excluding tert-OH is 1. The van der Waals surface area contributed by atoms with E-state index < -0.39 is 17.7 Å².